The Labute approximate surface area is 139 Å². The summed E-state index contributed by atoms with van der Waals surface area (Å²) >= 11 is 12.1. The summed E-state index contributed by atoms with van der Waals surface area (Å²) in [7, 11) is 0. The van der Waals surface area contributed by atoms with Crippen molar-refractivity contribution in [3.05, 3.63) is 33.8 Å². The van der Waals surface area contributed by atoms with Crippen molar-refractivity contribution in [3.8, 4) is 0 Å². The number of nitrogens with one attached hydrogen (secondary N) is 1. The van der Waals surface area contributed by atoms with Crippen molar-refractivity contribution in [2.24, 2.45) is 5.92 Å². The van der Waals surface area contributed by atoms with Crippen LogP contribution in [0.3, 0.4) is 0 Å². The van der Waals surface area contributed by atoms with Crippen LogP contribution in [0.5, 0.6) is 0 Å². The fourth-order valence-electron chi connectivity index (χ4n) is 2.82. The zero-order chi connectivity index (χ0) is 16.3. The van der Waals surface area contributed by atoms with Crippen LogP contribution in [-0.4, -0.2) is 22.5 Å². The Bertz CT molecular complexity index is 561. The lowest BCUT2D eigenvalue weighted by Gasteiger charge is -2.36. The summed E-state index contributed by atoms with van der Waals surface area (Å²) in [4.78, 5) is 23.9. The lowest BCUT2D eigenvalue weighted by atomic mass is 9.77. The minimum absolute atomic E-state index is 0.0247. The molecule has 1 aliphatic rings. The lowest BCUT2D eigenvalue weighted by molar-refractivity contribution is -0.149. The van der Waals surface area contributed by atoms with E-state index in [1.807, 2.05) is 0 Å². The number of aliphatic carboxylic acids is 1. The summed E-state index contributed by atoms with van der Waals surface area (Å²) in [5, 5.41) is 13.0. The molecule has 2 N–H and O–H groups in total. The lowest BCUT2D eigenvalue weighted by Crippen LogP contribution is -2.56. The summed E-state index contributed by atoms with van der Waals surface area (Å²) in [6, 6.07) is 5.02. The van der Waals surface area contributed by atoms with E-state index in [1.54, 1.807) is 18.2 Å². The molecular weight excluding hydrogens is 325 g/mol. The third-order valence-corrected chi connectivity index (χ3v) is 5.02. The number of carbonyl (C=O) groups is 2. The van der Waals surface area contributed by atoms with Gasteiger partial charge in [0, 0.05) is 10.0 Å². The van der Waals surface area contributed by atoms with Gasteiger partial charge in [-0.1, -0.05) is 36.2 Å². The molecule has 0 radical (unpaired) electrons. The average molecular weight is 344 g/mol. The first-order valence-corrected chi connectivity index (χ1v) is 8.07. The first kappa shape index (κ1) is 17.1. The highest BCUT2D eigenvalue weighted by Crippen LogP contribution is 2.32. The maximum atomic E-state index is 12.3. The van der Waals surface area contributed by atoms with E-state index in [-0.39, 0.29) is 12.3 Å². The molecule has 0 saturated heterocycles. The van der Waals surface area contributed by atoms with Crippen LogP contribution in [-0.2, 0) is 16.0 Å². The minimum Gasteiger partial charge on any atom is -0.480 e. The maximum Gasteiger partial charge on any atom is 0.329 e. The number of halogens is 2. The van der Waals surface area contributed by atoms with Crippen molar-refractivity contribution in [3.63, 3.8) is 0 Å². The van der Waals surface area contributed by atoms with E-state index in [0.29, 0.717) is 34.4 Å². The monoisotopic (exact) mass is 343 g/mol. The third-order valence-electron chi connectivity index (χ3n) is 4.31. The molecule has 6 heteroatoms. The third kappa shape index (κ3) is 3.73. The van der Waals surface area contributed by atoms with Crippen molar-refractivity contribution >= 4 is 35.1 Å². The van der Waals surface area contributed by atoms with Crippen molar-refractivity contribution in [1.29, 1.82) is 0 Å². The van der Waals surface area contributed by atoms with Crippen molar-refractivity contribution in [2.45, 2.75) is 44.6 Å². The summed E-state index contributed by atoms with van der Waals surface area (Å²) in [5.41, 5.74) is -0.648. The van der Waals surface area contributed by atoms with Crippen LogP contribution >= 0.6 is 23.2 Å². The second-order valence-electron chi connectivity index (χ2n) is 5.99. The van der Waals surface area contributed by atoms with Gasteiger partial charge in [0.05, 0.1) is 6.42 Å². The second kappa shape index (κ2) is 6.88. The van der Waals surface area contributed by atoms with Gasteiger partial charge in [0.15, 0.2) is 0 Å². The number of hydrogen-bond donors (Lipinski definition) is 2. The van der Waals surface area contributed by atoms with Gasteiger partial charge in [-0.25, -0.2) is 4.79 Å². The van der Waals surface area contributed by atoms with E-state index >= 15 is 0 Å². The molecule has 0 spiro atoms. The van der Waals surface area contributed by atoms with E-state index < -0.39 is 11.5 Å². The molecule has 0 unspecified atom stereocenters. The second-order valence-corrected chi connectivity index (χ2v) is 6.81. The smallest absolute Gasteiger partial charge is 0.329 e. The van der Waals surface area contributed by atoms with Crippen LogP contribution in [0, 0.1) is 5.92 Å². The summed E-state index contributed by atoms with van der Waals surface area (Å²) in [5.74, 6) is -0.854. The summed E-state index contributed by atoms with van der Waals surface area (Å²) in [6.45, 7) is 2.09. The average Bonchev–Trinajstić information content (AvgIpc) is 2.45. The molecule has 1 aromatic carbocycles. The molecule has 1 saturated carbocycles. The molecule has 0 aromatic heterocycles. The van der Waals surface area contributed by atoms with Crippen LogP contribution in [0.1, 0.15) is 38.2 Å². The van der Waals surface area contributed by atoms with Crippen LogP contribution in [0.4, 0.5) is 0 Å². The van der Waals surface area contributed by atoms with Crippen LogP contribution in [0.15, 0.2) is 18.2 Å². The zero-order valence-electron chi connectivity index (χ0n) is 12.4. The first-order valence-electron chi connectivity index (χ1n) is 7.31. The molecule has 120 valence electrons. The predicted molar refractivity (Wildman–Crippen MR) is 86.3 cm³/mol. The van der Waals surface area contributed by atoms with Crippen molar-refractivity contribution in [1.82, 2.24) is 5.32 Å². The highest BCUT2D eigenvalue weighted by molar-refractivity contribution is 6.36. The number of carboxylic acid groups (broad SMARTS) is 1. The number of hydrogen-bond acceptors (Lipinski definition) is 2. The fraction of sp³-hybridized carbons (Fsp3) is 0.500. The Morgan fingerprint density at radius 2 is 1.82 bits per heavy atom. The van der Waals surface area contributed by atoms with E-state index in [2.05, 4.69) is 12.2 Å². The minimum atomic E-state index is -1.17. The highest BCUT2D eigenvalue weighted by Gasteiger charge is 2.42. The summed E-state index contributed by atoms with van der Waals surface area (Å²) < 4.78 is 0. The van der Waals surface area contributed by atoms with Gasteiger partial charge in [0.25, 0.3) is 0 Å². The molecule has 0 aliphatic heterocycles. The van der Waals surface area contributed by atoms with Crippen molar-refractivity contribution in [2.75, 3.05) is 0 Å². The maximum absolute atomic E-state index is 12.3. The van der Waals surface area contributed by atoms with E-state index in [1.165, 1.54) is 0 Å². The Balaban J connectivity index is 2.11. The Morgan fingerprint density at radius 3 is 2.32 bits per heavy atom. The van der Waals surface area contributed by atoms with Gasteiger partial charge in [-0.2, -0.15) is 0 Å². The standard InChI is InChI=1S/C16H19Cl2NO3/c1-10-5-7-16(8-6-10,15(21)22)19-14(20)9-11-12(17)3-2-4-13(11)18/h2-4,10H,5-9H2,1H3,(H,19,20)(H,21,22). The fourth-order valence-corrected chi connectivity index (χ4v) is 3.35. The van der Waals surface area contributed by atoms with Crippen LogP contribution < -0.4 is 5.32 Å². The molecule has 22 heavy (non-hydrogen) atoms. The number of rotatable bonds is 4. The molecule has 1 fully saturated rings. The van der Waals surface area contributed by atoms with Crippen LogP contribution in [0.25, 0.3) is 0 Å². The Morgan fingerprint density at radius 1 is 1.27 bits per heavy atom. The van der Waals surface area contributed by atoms with Gasteiger partial charge in [-0.15, -0.1) is 0 Å². The van der Waals surface area contributed by atoms with Gasteiger partial charge >= 0.3 is 5.97 Å². The number of carbonyl (C=O) groups excluding carboxylic acids is 1. The van der Waals surface area contributed by atoms with Crippen LogP contribution in [0.2, 0.25) is 10.0 Å². The predicted octanol–water partition coefficient (Wildman–Crippen LogP) is 3.69. The Hall–Kier alpha value is -1.26. The first-order chi connectivity index (χ1) is 10.3. The van der Waals surface area contributed by atoms with E-state index in [4.69, 9.17) is 23.2 Å². The van der Waals surface area contributed by atoms with Gasteiger partial charge in [0.2, 0.25) is 5.91 Å². The SMILES string of the molecule is CC1CCC(NC(=O)Cc2c(Cl)cccc2Cl)(C(=O)O)CC1. The molecule has 2 rings (SSSR count). The quantitative estimate of drug-likeness (QED) is 0.876. The molecular formula is C16H19Cl2NO3. The highest BCUT2D eigenvalue weighted by atomic mass is 35.5. The number of benzene rings is 1. The normalized spacial score (nSPS) is 24.8. The molecule has 1 aromatic rings. The molecule has 0 heterocycles. The molecule has 0 bridgehead atoms. The van der Waals surface area contributed by atoms with Crippen molar-refractivity contribution < 1.29 is 14.7 Å². The van der Waals surface area contributed by atoms with Gasteiger partial charge in [0.1, 0.15) is 5.54 Å². The largest absolute Gasteiger partial charge is 0.480 e. The topological polar surface area (TPSA) is 66.4 Å². The molecule has 4 nitrogen and oxygen atoms in total. The van der Waals surface area contributed by atoms with Gasteiger partial charge < -0.3 is 10.4 Å². The molecule has 1 amide bonds. The number of carboxylic acids is 1. The van der Waals surface area contributed by atoms with Gasteiger partial charge in [-0.3, -0.25) is 4.79 Å². The Kier molecular flexibility index (Phi) is 5.35. The van der Waals surface area contributed by atoms with Gasteiger partial charge in [-0.05, 0) is 49.3 Å². The molecule has 0 atom stereocenters. The number of amides is 1. The van der Waals surface area contributed by atoms with E-state index in [9.17, 15) is 14.7 Å². The zero-order valence-corrected chi connectivity index (χ0v) is 13.9. The summed E-state index contributed by atoms with van der Waals surface area (Å²) in [6.07, 6.45) is 2.46. The van der Waals surface area contributed by atoms with E-state index in [0.717, 1.165) is 12.8 Å². The molecule has 1 aliphatic carbocycles.